The Kier molecular flexibility index (Phi) is 4.88. The number of hydrogen-bond acceptors (Lipinski definition) is 4. The number of aliphatic hydroxyl groups is 2. The van der Waals surface area contributed by atoms with Gasteiger partial charge in [-0.3, -0.25) is 4.79 Å². The van der Waals surface area contributed by atoms with Crippen LogP contribution < -0.4 is 0 Å². The van der Waals surface area contributed by atoms with Gasteiger partial charge in [0.05, 0.1) is 6.61 Å². The molecule has 1 unspecified atom stereocenters. The highest BCUT2D eigenvalue weighted by molar-refractivity contribution is 5.66. The van der Waals surface area contributed by atoms with E-state index in [1.165, 1.54) is 6.92 Å². The van der Waals surface area contributed by atoms with Crippen LogP contribution in [0.5, 0.6) is 0 Å². The van der Waals surface area contributed by atoms with E-state index in [1.54, 1.807) is 0 Å². The van der Waals surface area contributed by atoms with Crippen LogP contribution in [0.4, 0.5) is 0 Å². The van der Waals surface area contributed by atoms with E-state index >= 15 is 0 Å². The number of carbonyl (C=O) groups excluding carboxylic acids is 1. The van der Waals surface area contributed by atoms with Crippen LogP contribution in [0.3, 0.4) is 0 Å². The average molecular weight is 148 g/mol. The lowest BCUT2D eigenvalue weighted by atomic mass is 10.3. The Hall–Kier alpha value is -0.610. The van der Waals surface area contributed by atoms with Gasteiger partial charge in [0.15, 0.2) is 0 Å². The number of aliphatic hydroxyl groups excluding tert-OH is 2. The molecular weight excluding hydrogens is 136 g/mol. The van der Waals surface area contributed by atoms with Crippen molar-refractivity contribution in [2.75, 3.05) is 13.2 Å². The van der Waals surface area contributed by atoms with Crippen LogP contribution in [0.25, 0.3) is 0 Å². The van der Waals surface area contributed by atoms with Gasteiger partial charge in [0.1, 0.15) is 6.10 Å². The highest BCUT2D eigenvalue weighted by Crippen LogP contribution is 1.96. The number of rotatable bonds is 4. The molecule has 0 fully saturated rings. The Bertz CT molecular complexity index is 102. The largest absolute Gasteiger partial charge is 0.460 e. The van der Waals surface area contributed by atoms with E-state index in [9.17, 15) is 4.79 Å². The van der Waals surface area contributed by atoms with Gasteiger partial charge >= 0.3 is 5.97 Å². The third kappa shape index (κ3) is 4.29. The zero-order chi connectivity index (χ0) is 7.98. The molecule has 0 saturated heterocycles. The van der Waals surface area contributed by atoms with Crippen LogP contribution >= 0.6 is 0 Å². The van der Waals surface area contributed by atoms with Gasteiger partial charge in [-0.2, -0.15) is 0 Å². The molecule has 0 aliphatic heterocycles. The molecule has 0 aliphatic carbocycles. The Morgan fingerprint density at radius 2 is 2.20 bits per heavy atom. The van der Waals surface area contributed by atoms with Gasteiger partial charge in [0.25, 0.3) is 0 Å². The van der Waals surface area contributed by atoms with Crippen LogP contribution in [0, 0.1) is 0 Å². The van der Waals surface area contributed by atoms with Gasteiger partial charge in [0, 0.05) is 20.0 Å². The Morgan fingerprint density at radius 3 is 2.50 bits per heavy atom. The molecule has 0 aromatic heterocycles. The number of hydrogen-bond donors (Lipinski definition) is 2. The van der Waals surface area contributed by atoms with E-state index in [2.05, 4.69) is 4.74 Å². The third-order valence-electron chi connectivity index (χ3n) is 0.987. The molecule has 0 aromatic carbocycles. The molecular formula is C6H12O4. The fourth-order valence-corrected chi connectivity index (χ4v) is 0.566. The van der Waals surface area contributed by atoms with E-state index in [0.29, 0.717) is 0 Å². The van der Waals surface area contributed by atoms with E-state index in [1.807, 2.05) is 0 Å². The third-order valence-corrected chi connectivity index (χ3v) is 0.987. The van der Waals surface area contributed by atoms with E-state index < -0.39 is 12.1 Å². The van der Waals surface area contributed by atoms with Crippen LogP contribution in [-0.2, 0) is 9.53 Å². The average Bonchev–Trinajstić information content (AvgIpc) is 1.86. The summed E-state index contributed by atoms with van der Waals surface area (Å²) in [7, 11) is 0. The fourth-order valence-electron chi connectivity index (χ4n) is 0.566. The first-order valence-electron chi connectivity index (χ1n) is 3.09. The Morgan fingerprint density at radius 1 is 1.60 bits per heavy atom. The van der Waals surface area contributed by atoms with Crippen molar-refractivity contribution >= 4 is 5.97 Å². The minimum atomic E-state index is -0.553. The first-order chi connectivity index (χ1) is 4.70. The summed E-state index contributed by atoms with van der Waals surface area (Å²) >= 11 is 0. The summed E-state index contributed by atoms with van der Waals surface area (Å²) in [4.78, 5) is 10.3. The summed E-state index contributed by atoms with van der Waals surface area (Å²) in [6, 6.07) is 0. The van der Waals surface area contributed by atoms with Crippen LogP contribution in [-0.4, -0.2) is 35.5 Å². The summed E-state index contributed by atoms with van der Waals surface area (Å²) in [6.45, 7) is 0.943. The maximum atomic E-state index is 10.3. The fraction of sp³-hybridized carbons (Fsp3) is 0.833. The zero-order valence-corrected chi connectivity index (χ0v) is 5.91. The minimum absolute atomic E-state index is 0.0848. The second-order valence-corrected chi connectivity index (χ2v) is 1.93. The Labute approximate surface area is 59.4 Å². The Balaban J connectivity index is 3.49. The summed E-state index contributed by atoms with van der Waals surface area (Å²) in [6.07, 6.45) is -0.265. The normalized spacial score (nSPS) is 12.7. The number of esters is 1. The highest BCUT2D eigenvalue weighted by atomic mass is 16.5. The van der Waals surface area contributed by atoms with Gasteiger partial charge in [-0.1, -0.05) is 0 Å². The van der Waals surface area contributed by atoms with Gasteiger partial charge in [0.2, 0.25) is 0 Å². The summed E-state index contributed by atoms with van der Waals surface area (Å²) in [5.41, 5.74) is 0. The molecule has 4 heteroatoms. The lowest BCUT2D eigenvalue weighted by Crippen LogP contribution is -2.21. The van der Waals surface area contributed by atoms with E-state index in [4.69, 9.17) is 10.2 Å². The standard InChI is InChI=1S/C6H12O4/c1-5(9)10-6(4-8)2-3-7/h6-8H,2-4H2,1H3. The molecule has 0 rings (SSSR count). The summed E-state index contributed by atoms with van der Waals surface area (Å²) in [5.74, 6) is -0.437. The van der Waals surface area contributed by atoms with Crippen molar-refractivity contribution in [3.05, 3.63) is 0 Å². The van der Waals surface area contributed by atoms with Crippen LogP contribution in [0.15, 0.2) is 0 Å². The highest BCUT2D eigenvalue weighted by Gasteiger charge is 2.08. The SMILES string of the molecule is CC(=O)OC(CO)CCO. The molecule has 0 saturated carbocycles. The lowest BCUT2D eigenvalue weighted by Gasteiger charge is -2.11. The van der Waals surface area contributed by atoms with Gasteiger partial charge in [-0.15, -0.1) is 0 Å². The van der Waals surface area contributed by atoms with Gasteiger partial charge in [-0.25, -0.2) is 0 Å². The van der Waals surface area contributed by atoms with Crippen LogP contribution in [0.1, 0.15) is 13.3 Å². The number of carbonyl (C=O) groups is 1. The van der Waals surface area contributed by atoms with Crippen molar-refractivity contribution in [2.24, 2.45) is 0 Å². The molecule has 0 amide bonds. The quantitative estimate of drug-likeness (QED) is 0.517. The second-order valence-electron chi connectivity index (χ2n) is 1.93. The molecule has 0 heterocycles. The molecule has 10 heavy (non-hydrogen) atoms. The molecule has 60 valence electrons. The van der Waals surface area contributed by atoms with Crippen molar-refractivity contribution in [3.8, 4) is 0 Å². The van der Waals surface area contributed by atoms with Crippen molar-refractivity contribution in [2.45, 2.75) is 19.4 Å². The second kappa shape index (κ2) is 5.20. The molecule has 1 atom stereocenters. The molecule has 4 nitrogen and oxygen atoms in total. The summed E-state index contributed by atoms with van der Waals surface area (Å²) in [5, 5.41) is 16.9. The van der Waals surface area contributed by atoms with Gasteiger partial charge in [-0.05, 0) is 0 Å². The lowest BCUT2D eigenvalue weighted by molar-refractivity contribution is -0.149. The monoisotopic (exact) mass is 148 g/mol. The van der Waals surface area contributed by atoms with E-state index in [0.717, 1.165) is 0 Å². The molecule has 0 spiro atoms. The van der Waals surface area contributed by atoms with Gasteiger partial charge < -0.3 is 14.9 Å². The van der Waals surface area contributed by atoms with Crippen molar-refractivity contribution in [1.29, 1.82) is 0 Å². The van der Waals surface area contributed by atoms with E-state index in [-0.39, 0.29) is 19.6 Å². The maximum Gasteiger partial charge on any atom is 0.302 e. The molecule has 0 aromatic rings. The minimum Gasteiger partial charge on any atom is -0.460 e. The van der Waals surface area contributed by atoms with Crippen molar-refractivity contribution in [3.63, 3.8) is 0 Å². The molecule has 0 bridgehead atoms. The first-order valence-corrected chi connectivity index (χ1v) is 3.09. The first kappa shape index (κ1) is 9.39. The zero-order valence-electron chi connectivity index (χ0n) is 5.91. The molecule has 0 aliphatic rings. The van der Waals surface area contributed by atoms with Crippen LogP contribution in [0.2, 0.25) is 0 Å². The molecule has 2 N–H and O–H groups in total. The predicted octanol–water partition coefficient (Wildman–Crippen LogP) is -0.707. The maximum absolute atomic E-state index is 10.3. The number of ether oxygens (including phenoxy) is 1. The summed E-state index contributed by atoms with van der Waals surface area (Å²) < 4.78 is 4.59. The predicted molar refractivity (Wildman–Crippen MR) is 34.3 cm³/mol. The van der Waals surface area contributed by atoms with Crippen molar-refractivity contribution < 1.29 is 19.7 Å². The van der Waals surface area contributed by atoms with Crippen molar-refractivity contribution in [1.82, 2.24) is 0 Å². The molecule has 0 radical (unpaired) electrons. The smallest absolute Gasteiger partial charge is 0.302 e. The topological polar surface area (TPSA) is 66.8 Å².